The summed E-state index contributed by atoms with van der Waals surface area (Å²) in [5.74, 6) is 0.0630. The molecule has 7 heteroatoms. The zero-order valence-corrected chi connectivity index (χ0v) is 18.1. The van der Waals surface area contributed by atoms with E-state index in [0.717, 1.165) is 27.9 Å². The van der Waals surface area contributed by atoms with Crippen LogP contribution < -0.4 is 4.72 Å². The highest BCUT2D eigenvalue weighted by atomic mass is 35.5. The first-order valence-electron chi connectivity index (χ1n) is 9.35. The van der Waals surface area contributed by atoms with Gasteiger partial charge in [-0.1, -0.05) is 42.8 Å². The van der Waals surface area contributed by atoms with Crippen LogP contribution in [0, 0.1) is 6.92 Å². The normalized spacial score (nSPS) is 12.0. The highest BCUT2D eigenvalue weighted by molar-refractivity contribution is 7.80. The lowest BCUT2D eigenvalue weighted by atomic mass is 9.97. The van der Waals surface area contributed by atoms with E-state index < -0.39 is 11.3 Å². The maximum Gasteiger partial charge on any atom is 0.179 e. The molecule has 0 saturated carbocycles. The number of carbonyl (C=O) groups is 1. The highest BCUT2D eigenvalue weighted by Gasteiger charge is 2.25. The average Bonchev–Trinajstić information content (AvgIpc) is 3.00. The minimum Gasteiger partial charge on any atom is -0.755 e. The van der Waals surface area contributed by atoms with Gasteiger partial charge in [-0.15, -0.1) is 0 Å². The van der Waals surface area contributed by atoms with Crippen LogP contribution in [-0.4, -0.2) is 19.1 Å². The molecule has 0 spiro atoms. The Bertz CT molecular complexity index is 1060. The topological polar surface area (TPSA) is 74.2 Å². The van der Waals surface area contributed by atoms with Crippen molar-refractivity contribution in [3.05, 3.63) is 64.8 Å². The lowest BCUT2D eigenvalue weighted by Gasteiger charge is -2.12. The largest absolute Gasteiger partial charge is 0.755 e. The van der Waals surface area contributed by atoms with E-state index in [4.69, 9.17) is 11.6 Å². The first-order valence-corrected chi connectivity index (χ1v) is 10.8. The zero-order valence-electron chi connectivity index (χ0n) is 16.5. The second-order valence-electron chi connectivity index (χ2n) is 6.64. The minimum absolute atomic E-state index is 0.0630. The van der Waals surface area contributed by atoms with Crippen LogP contribution >= 0.6 is 11.6 Å². The van der Waals surface area contributed by atoms with Crippen molar-refractivity contribution >= 4 is 34.3 Å². The maximum absolute atomic E-state index is 12.9. The molecule has 29 heavy (non-hydrogen) atoms. The van der Waals surface area contributed by atoms with Gasteiger partial charge in [0, 0.05) is 40.5 Å². The van der Waals surface area contributed by atoms with E-state index in [1.165, 1.54) is 0 Å². The Kier molecular flexibility index (Phi) is 6.57. The Hall–Kier alpha value is -2.41. The lowest BCUT2D eigenvalue weighted by molar-refractivity contribution is 0.0980. The molecule has 1 N–H and O–H groups in total. The van der Waals surface area contributed by atoms with Gasteiger partial charge in [-0.25, -0.2) is 0 Å². The number of hydrogen-bond acceptors (Lipinski definition) is 3. The SMILES string of the molecule is CCC(=O)c1c(-c2ccc(NS(=O)[O-])cc2)c(C)c(-c2ccc(Cl)cc2)n1CC. The van der Waals surface area contributed by atoms with Gasteiger partial charge in [0.2, 0.25) is 0 Å². The van der Waals surface area contributed by atoms with Gasteiger partial charge in [0.1, 0.15) is 0 Å². The summed E-state index contributed by atoms with van der Waals surface area (Å²) in [5, 5.41) is 0.657. The third kappa shape index (κ3) is 4.29. The summed E-state index contributed by atoms with van der Waals surface area (Å²) in [7, 11) is 0. The van der Waals surface area contributed by atoms with Crippen molar-refractivity contribution in [1.29, 1.82) is 0 Å². The minimum atomic E-state index is -2.38. The molecule has 1 aromatic heterocycles. The summed E-state index contributed by atoms with van der Waals surface area (Å²) in [6.45, 7) is 6.53. The van der Waals surface area contributed by atoms with Gasteiger partial charge in [-0.2, -0.15) is 0 Å². The van der Waals surface area contributed by atoms with Crippen LogP contribution in [0.5, 0.6) is 0 Å². The summed E-state index contributed by atoms with van der Waals surface area (Å²) in [4.78, 5) is 12.9. The summed E-state index contributed by atoms with van der Waals surface area (Å²) in [6, 6.07) is 14.6. The second kappa shape index (κ2) is 8.95. The smallest absolute Gasteiger partial charge is 0.179 e. The number of aromatic nitrogens is 1. The number of rotatable bonds is 7. The molecule has 0 aliphatic heterocycles. The molecule has 3 rings (SSSR count). The Morgan fingerprint density at radius 1 is 1.07 bits per heavy atom. The van der Waals surface area contributed by atoms with Crippen LogP contribution in [0.2, 0.25) is 5.02 Å². The lowest BCUT2D eigenvalue weighted by Crippen LogP contribution is -2.09. The number of nitrogens with zero attached hydrogens (tertiary/aromatic N) is 1. The molecule has 1 heterocycles. The van der Waals surface area contributed by atoms with E-state index in [0.29, 0.717) is 29.4 Å². The van der Waals surface area contributed by atoms with Crippen molar-refractivity contribution in [2.75, 3.05) is 4.72 Å². The molecule has 0 saturated heterocycles. The number of nitrogens with one attached hydrogen (secondary N) is 1. The van der Waals surface area contributed by atoms with E-state index in [1.54, 1.807) is 12.1 Å². The Morgan fingerprint density at radius 3 is 2.17 bits per heavy atom. The first kappa shape index (κ1) is 21.3. The van der Waals surface area contributed by atoms with E-state index in [9.17, 15) is 13.6 Å². The molecule has 0 aliphatic carbocycles. The Balaban J connectivity index is 2.24. The van der Waals surface area contributed by atoms with E-state index in [2.05, 4.69) is 9.29 Å². The summed E-state index contributed by atoms with van der Waals surface area (Å²) < 4.78 is 26.1. The second-order valence-corrected chi connectivity index (χ2v) is 7.75. The van der Waals surface area contributed by atoms with Crippen molar-refractivity contribution in [3.8, 4) is 22.4 Å². The maximum atomic E-state index is 12.9. The number of carbonyl (C=O) groups excluding carboxylic acids is 1. The van der Waals surface area contributed by atoms with Crippen molar-refractivity contribution in [2.45, 2.75) is 33.7 Å². The van der Waals surface area contributed by atoms with E-state index >= 15 is 0 Å². The monoisotopic (exact) mass is 429 g/mol. The molecule has 3 aromatic rings. The third-order valence-electron chi connectivity index (χ3n) is 4.90. The molecule has 0 bridgehead atoms. The Morgan fingerprint density at radius 2 is 1.66 bits per heavy atom. The number of anilines is 1. The quantitative estimate of drug-likeness (QED) is 0.392. The fourth-order valence-electron chi connectivity index (χ4n) is 3.65. The number of Topliss-reactive ketones (excluding diaryl/α,β-unsaturated/α-hetero) is 1. The Labute approximate surface area is 178 Å². The van der Waals surface area contributed by atoms with Crippen LogP contribution in [0.25, 0.3) is 22.4 Å². The van der Waals surface area contributed by atoms with Crippen LogP contribution in [-0.2, 0) is 17.8 Å². The first-order chi connectivity index (χ1) is 13.9. The molecule has 2 aromatic carbocycles. The molecule has 1 atom stereocenters. The number of benzene rings is 2. The van der Waals surface area contributed by atoms with Crippen molar-refractivity contribution < 1.29 is 13.6 Å². The van der Waals surface area contributed by atoms with Crippen molar-refractivity contribution in [1.82, 2.24) is 4.57 Å². The molecular weight excluding hydrogens is 408 g/mol. The highest BCUT2D eigenvalue weighted by Crippen LogP contribution is 2.39. The predicted molar refractivity (Wildman–Crippen MR) is 118 cm³/mol. The van der Waals surface area contributed by atoms with Gasteiger partial charge in [0.05, 0.1) is 11.4 Å². The van der Waals surface area contributed by atoms with E-state index in [1.807, 2.05) is 57.2 Å². The van der Waals surface area contributed by atoms with Crippen LogP contribution in [0.4, 0.5) is 5.69 Å². The summed E-state index contributed by atoms with van der Waals surface area (Å²) in [5.41, 5.74) is 5.85. The van der Waals surface area contributed by atoms with Gasteiger partial charge in [0.15, 0.2) is 5.78 Å². The average molecular weight is 430 g/mol. The molecular formula is C22H22ClN2O3S-. The van der Waals surface area contributed by atoms with Gasteiger partial charge >= 0.3 is 0 Å². The fourth-order valence-corrected chi connectivity index (χ4v) is 4.11. The molecule has 0 amide bonds. The summed E-state index contributed by atoms with van der Waals surface area (Å²) in [6.07, 6.45) is 0.394. The molecule has 0 fully saturated rings. The zero-order chi connectivity index (χ0) is 21.1. The van der Waals surface area contributed by atoms with Gasteiger partial charge in [-0.3, -0.25) is 9.00 Å². The van der Waals surface area contributed by atoms with Gasteiger partial charge in [0.25, 0.3) is 0 Å². The van der Waals surface area contributed by atoms with Gasteiger partial charge in [-0.05, 0) is 54.8 Å². The predicted octanol–water partition coefficient (Wildman–Crippen LogP) is 5.60. The number of halogens is 1. The number of ketones is 1. The molecule has 5 nitrogen and oxygen atoms in total. The standard InChI is InChI=1S/C22H23ClN2O3S/c1-4-19(26)22-20(15-8-12-18(13-9-15)24-29(27)28)14(3)21(25(22)5-2)16-6-10-17(23)11-7-16/h6-13,24H,4-5H2,1-3H3,(H,27,28)/p-1. The molecule has 0 aliphatic rings. The van der Waals surface area contributed by atoms with E-state index in [-0.39, 0.29) is 5.78 Å². The van der Waals surface area contributed by atoms with Crippen LogP contribution in [0.3, 0.4) is 0 Å². The third-order valence-corrected chi connectivity index (χ3v) is 5.56. The molecule has 1 unspecified atom stereocenters. The summed E-state index contributed by atoms with van der Waals surface area (Å²) >= 11 is 3.68. The number of hydrogen-bond donors (Lipinski definition) is 1. The fraction of sp³-hybridized carbons (Fsp3) is 0.227. The van der Waals surface area contributed by atoms with Crippen LogP contribution in [0.1, 0.15) is 36.3 Å². The van der Waals surface area contributed by atoms with Crippen molar-refractivity contribution in [3.63, 3.8) is 0 Å². The van der Waals surface area contributed by atoms with Crippen molar-refractivity contribution in [2.24, 2.45) is 0 Å². The van der Waals surface area contributed by atoms with Crippen LogP contribution in [0.15, 0.2) is 48.5 Å². The van der Waals surface area contributed by atoms with Gasteiger partial charge < -0.3 is 13.8 Å². The molecule has 0 radical (unpaired) electrons. The molecule has 152 valence electrons.